The van der Waals surface area contributed by atoms with Gasteiger partial charge in [-0.15, -0.1) is 0 Å². The van der Waals surface area contributed by atoms with Crippen LogP contribution in [0.5, 0.6) is 0 Å². The Hall–Kier alpha value is -1.51. The molecular weight excluding hydrogens is 301 g/mol. The number of benzene rings is 1. The first-order valence-electron chi connectivity index (χ1n) is 6.50. The molecule has 1 fully saturated rings. The van der Waals surface area contributed by atoms with Gasteiger partial charge in [0, 0.05) is 19.7 Å². The Labute approximate surface area is 121 Å². The van der Waals surface area contributed by atoms with E-state index in [1.54, 1.807) is 0 Å². The van der Waals surface area contributed by atoms with E-state index < -0.39 is 27.4 Å². The summed E-state index contributed by atoms with van der Waals surface area (Å²) >= 11 is 0. The Morgan fingerprint density at radius 1 is 1.43 bits per heavy atom. The Kier molecular flexibility index (Phi) is 4.60. The fourth-order valence-electron chi connectivity index (χ4n) is 2.41. The number of nitrogens with zero attached hydrogens (tertiary/aromatic N) is 1. The summed E-state index contributed by atoms with van der Waals surface area (Å²) in [4.78, 5) is 10.7. The van der Waals surface area contributed by atoms with Crippen LogP contribution in [0.1, 0.15) is 23.2 Å². The zero-order valence-corrected chi connectivity index (χ0v) is 12.0. The summed E-state index contributed by atoms with van der Waals surface area (Å²) in [6, 6.07) is 2.75. The van der Waals surface area contributed by atoms with Gasteiger partial charge in [0.25, 0.3) is 0 Å². The van der Waals surface area contributed by atoms with Gasteiger partial charge in [0.1, 0.15) is 5.82 Å². The van der Waals surface area contributed by atoms with Gasteiger partial charge in [-0.2, -0.15) is 4.31 Å². The first-order chi connectivity index (χ1) is 9.86. The van der Waals surface area contributed by atoms with Gasteiger partial charge in [-0.05, 0) is 37.0 Å². The Morgan fingerprint density at radius 2 is 2.14 bits per heavy atom. The average Bonchev–Trinajstić information content (AvgIpc) is 2.88. The second kappa shape index (κ2) is 6.08. The number of sulfonamides is 1. The van der Waals surface area contributed by atoms with Gasteiger partial charge < -0.3 is 10.2 Å². The van der Waals surface area contributed by atoms with Crippen LogP contribution in [0.2, 0.25) is 0 Å². The van der Waals surface area contributed by atoms with Crippen molar-refractivity contribution in [3.05, 3.63) is 29.6 Å². The van der Waals surface area contributed by atoms with Crippen LogP contribution < -0.4 is 0 Å². The largest absolute Gasteiger partial charge is 0.478 e. The molecule has 1 heterocycles. The lowest BCUT2D eigenvalue weighted by molar-refractivity contribution is 0.0691. The summed E-state index contributed by atoms with van der Waals surface area (Å²) < 4.78 is 39.4. The van der Waals surface area contributed by atoms with Gasteiger partial charge in [0.05, 0.1) is 10.5 Å². The molecule has 0 amide bonds. The van der Waals surface area contributed by atoms with E-state index in [2.05, 4.69) is 0 Å². The second-order valence-corrected chi connectivity index (χ2v) is 6.91. The summed E-state index contributed by atoms with van der Waals surface area (Å²) in [6.07, 6.45) is 1.17. The third-order valence-corrected chi connectivity index (χ3v) is 5.45. The lowest BCUT2D eigenvalue weighted by atomic mass is 10.1. The number of aliphatic hydroxyl groups is 1. The highest BCUT2D eigenvalue weighted by Gasteiger charge is 2.32. The van der Waals surface area contributed by atoms with Gasteiger partial charge >= 0.3 is 5.97 Å². The molecule has 1 aromatic carbocycles. The summed E-state index contributed by atoms with van der Waals surface area (Å²) in [5.41, 5.74) is -0.665. The fourth-order valence-corrected chi connectivity index (χ4v) is 3.97. The highest BCUT2D eigenvalue weighted by atomic mass is 32.2. The minimum absolute atomic E-state index is 0.00172. The minimum Gasteiger partial charge on any atom is -0.478 e. The van der Waals surface area contributed by atoms with E-state index in [-0.39, 0.29) is 24.0 Å². The van der Waals surface area contributed by atoms with E-state index in [0.29, 0.717) is 19.4 Å². The summed E-state index contributed by atoms with van der Waals surface area (Å²) in [5.74, 6) is -2.39. The first kappa shape index (κ1) is 15.9. The average molecular weight is 317 g/mol. The molecule has 1 unspecified atom stereocenters. The molecule has 6 nitrogen and oxygen atoms in total. The van der Waals surface area contributed by atoms with Crippen LogP contribution >= 0.6 is 0 Å². The molecule has 1 aliphatic heterocycles. The van der Waals surface area contributed by atoms with Crippen LogP contribution in [0.4, 0.5) is 4.39 Å². The maximum Gasteiger partial charge on any atom is 0.338 e. The number of aliphatic hydroxyl groups excluding tert-OH is 1. The Bertz CT molecular complexity index is 646. The van der Waals surface area contributed by atoms with E-state index in [1.165, 1.54) is 4.31 Å². The number of carboxylic acids is 1. The number of carbonyl (C=O) groups is 1. The molecule has 0 bridgehead atoms. The maximum atomic E-state index is 13.3. The Morgan fingerprint density at radius 3 is 2.76 bits per heavy atom. The standard InChI is InChI=1S/C13H16FNO5S/c14-12-2-1-10(7-11(12)13(17)18)21(19,20)15-5-3-9(8-15)4-6-16/h1-2,7,9,16H,3-6,8H2,(H,17,18). The molecule has 0 aliphatic carbocycles. The summed E-state index contributed by atoms with van der Waals surface area (Å²) in [5, 5.41) is 17.7. The fraction of sp³-hybridized carbons (Fsp3) is 0.462. The quantitative estimate of drug-likeness (QED) is 0.842. The van der Waals surface area contributed by atoms with Crippen LogP contribution in [-0.2, 0) is 10.0 Å². The number of aromatic carboxylic acids is 1. The SMILES string of the molecule is O=C(O)c1cc(S(=O)(=O)N2CCC(CCO)C2)ccc1F. The molecule has 21 heavy (non-hydrogen) atoms. The van der Waals surface area contributed by atoms with Crippen LogP contribution in [0, 0.1) is 11.7 Å². The van der Waals surface area contributed by atoms with Crippen molar-refractivity contribution in [1.29, 1.82) is 0 Å². The van der Waals surface area contributed by atoms with Gasteiger partial charge in [-0.3, -0.25) is 0 Å². The molecule has 2 N–H and O–H groups in total. The highest BCUT2D eigenvalue weighted by molar-refractivity contribution is 7.89. The summed E-state index contributed by atoms with van der Waals surface area (Å²) in [6.45, 7) is 0.591. The molecule has 1 aromatic rings. The number of rotatable bonds is 5. The highest BCUT2D eigenvalue weighted by Crippen LogP contribution is 2.26. The summed E-state index contributed by atoms with van der Waals surface area (Å²) in [7, 11) is -3.84. The van der Waals surface area contributed by atoms with Crippen molar-refractivity contribution in [2.24, 2.45) is 5.92 Å². The van der Waals surface area contributed by atoms with E-state index in [9.17, 15) is 17.6 Å². The second-order valence-electron chi connectivity index (χ2n) is 4.98. The van der Waals surface area contributed by atoms with Gasteiger partial charge in [-0.1, -0.05) is 0 Å². The molecular formula is C13H16FNO5S. The molecule has 0 spiro atoms. The van der Waals surface area contributed by atoms with E-state index in [4.69, 9.17) is 10.2 Å². The molecule has 2 rings (SSSR count). The van der Waals surface area contributed by atoms with E-state index in [1.807, 2.05) is 0 Å². The van der Waals surface area contributed by atoms with Crippen molar-refractivity contribution in [3.8, 4) is 0 Å². The normalized spacial score (nSPS) is 19.8. The van der Waals surface area contributed by atoms with Gasteiger partial charge in [0.2, 0.25) is 10.0 Å². The molecule has 1 saturated heterocycles. The number of hydrogen-bond donors (Lipinski definition) is 2. The predicted molar refractivity (Wildman–Crippen MR) is 71.9 cm³/mol. The van der Waals surface area contributed by atoms with Gasteiger partial charge in [0.15, 0.2) is 0 Å². The molecule has 0 aromatic heterocycles. The van der Waals surface area contributed by atoms with E-state index in [0.717, 1.165) is 18.2 Å². The lowest BCUT2D eigenvalue weighted by Crippen LogP contribution is -2.29. The smallest absolute Gasteiger partial charge is 0.338 e. The third kappa shape index (κ3) is 3.22. The van der Waals surface area contributed by atoms with Crippen molar-refractivity contribution in [3.63, 3.8) is 0 Å². The van der Waals surface area contributed by atoms with Crippen molar-refractivity contribution in [1.82, 2.24) is 4.31 Å². The number of halogens is 1. The zero-order chi connectivity index (χ0) is 15.6. The third-order valence-electron chi connectivity index (χ3n) is 3.59. The minimum atomic E-state index is -3.84. The molecule has 0 radical (unpaired) electrons. The molecule has 1 atom stereocenters. The van der Waals surface area contributed by atoms with Crippen molar-refractivity contribution < 1.29 is 27.8 Å². The molecule has 116 valence electrons. The van der Waals surface area contributed by atoms with Gasteiger partial charge in [-0.25, -0.2) is 17.6 Å². The molecule has 8 heteroatoms. The maximum absolute atomic E-state index is 13.3. The van der Waals surface area contributed by atoms with E-state index >= 15 is 0 Å². The predicted octanol–water partition coefficient (Wildman–Crippen LogP) is 0.917. The van der Waals surface area contributed by atoms with Crippen LogP contribution in [0.15, 0.2) is 23.1 Å². The topological polar surface area (TPSA) is 94.9 Å². The lowest BCUT2D eigenvalue weighted by Gasteiger charge is -2.17. The monoisotopic (exact) mass is 317 g/mol. The van der Waals surface area contributed by atoms with Crippen LogP contribution in [0.25, 0.3) is 0 Å². The number of hydrogen-bond acceptors (Lipinski definition) is 4. The Balaban J connectivity index is 2.28. The van der Waals surface area contributed by atoms with Crippen LogP contribution in [-0.4, -0.2) is 48.6 Å². The number of carboxylic acid groups (broad SMARTS) is 1. The molecule has 0 saturated carbocycles. The van der Waals surface area contributed by atoms with Crippen molar-refractivity contribution >= 4 is 16.0 Å². The first-order valence-corrected chi connectivity index (χ1v) is 7.94. The molecule has 1 aliphatic rings. The van der Waals surface area contributed by atoms with Crippen molar-refractivity contribution in [2.75, 3.05) is 19.7 Å². The van der Waals surface area contributed by atoms with Crippen molar-refractivity contribution in [2.45, 2.75) is 17.7 Å². The van der Waals surface area contributed by atoms with Crippen LogP contribution in [0.3, 0.4) is 0 Å². The zero-order valence-electron chi connectivity index (χ0n) is 11.2.